The SMILES string of the molecule is O=C(CC1COC(c2cccs2)=N1)NC(Cc1cccc(O)c1)c1ccccc1. The van der Waals surface area contributed by atoms with Crippen molar-refractivity contribution < 1.29 is 14.6 Å². The van der Waals surface area contributed by atoms with E-state index in [2.05, 4.69) is 10.3 Å². The maximum atomic E-state index is 12.8. The number of aliphatic imine (C=N–C) groups is 1. The molecule has 2 unspecified atom stereocenters. The van der Waals surface area contributed by atoms with E-state index in [0.717, 1.165) is 16.0 Å². The fourth-order valence-electron chi connectivity index (χ4n) is 3.38. The Labute approximate surface area is 173 Å². The Balaban J connectivity index is 1.44. The Bertz CT molecular complexity index is 986. The Morgan fingerprint density at radius 2 is 2.03 bits per heavy atom. The third kappa shape index (κ3) is 5.03. The van der Waals surface area contributed by atoms with Gasteiger partial charge in [-0.3, -0.25) is 4.79 Å². The normalized spacial score (nSPS) is 16.7. The highest BCUT2D eigenvalue weighted by Crippen LogP contribution is 2.22. The highest BCUT2D eigenvalue weighted by molar-refractivity contribution is 7.12. The van der Waals surface area contributed by atoms with E-state index in [9.17, 15) is 9.90 Å². The van der Waals surface area contributed by atoms with Gasteiger partial charge in [0, 0.05) is 0 Å². The third-order valence-electron chi connectivity index (χ3n) is 4.75. The molecule has 29 heavy (non-hydrogen) atoms. The van der Waals surface area contributed by atoms with Crippen molar-refractivity contribution in [3.05, 3.63) is 88.1 Å². The van der Waals surface area contributed by atoms with Gasteiger partial charge in [0.25, 0.3) is 0 Å². The molecule has 2 heterocycles. The molecular formula is C23H22N2O3S. The van der Waals surface area contributed by atoms with Crippen molar-refractivity contribution in [2.24, 2.45) is 4.99 Å². The van der Waals surface area contributed by atoms with E-state index in [1.807, 2.05) is 60.0 Å². The molecule has 0 saturated carbocycles. The van der Waals surface area contributed by atoms with E-state index in [-0.39, 0.29) is 30.2 Å². The minimum atomic E-state index is -0.187. The number of aromatic hydroxyl groups is 1. The van der Waals surface area contributed by atoms with Gasteiger partial charge in [-0.05, 0) is 41.1 Å². The predicted molar refractivity (Wildman–Crippen MR) is 114 cm³/mol. The number of hydrogen-bond acceptors (Lipinski definition) is 5. The number of nitrogens with zero attached hydrogens (tertiary/aromatic N) is 1. The number of carbonyl (C=O) groups excluding carboxylic acids is 1. The number of thiophene rings is 1. The molecule has 0 fully saturated rings. The minimum absolute atomic E-state index is 0.0659. The number of nitrogens with one attached hydrogen (secondary N) is 1. The first-order chi connectivity index (χ1) is 14.2. The lowest BCUT2D eigenvalue weighted by molar-refractivity contribution is -0.122. The van der Waals surface area contributed by atoms with Crippen LogP contribution in [0.1, 0.15) is 28.5 Å². The lowest BCUT2D eigenvalue weighted by Gasteiger charge is -2.20. The van der Waals surface area contributed by atoms with Crippen molar-refractivity contribution in [2.75, 3.05) is 6.61 Å². The van der Waals surface area contributed by atoms with Gasteiger partial charge in [-0.25, -0.2) is 4.99 Å². The molecule has 0 radical (unpaired) electrons. The predicted octanol–water partition coefficient (Wildman–Crippen LogP) is 4.09. The van der Waals surface area contributed by atoms with Gasteiger partial charge in [0.15, 0.2) is 0 Å². The van der Waals surface area contributed by atoms with Crippen molar-refractivity contribution in [2.45, 2.75) is 24.9 Å². The number of amides is 1. The molecule has 2 aromatic carbocycles. The van der Waals surface area contributed by atoms with Gasteiger partial charge < -0.3 is 15.2 Å². The van der Waals surface area contributed by atoms with E-state index in [1.165, 1.54) is 0 Å². The van der Waals surface area contributed by atoms with Crippen LogP contribution in [0.15, 0.2) is 77.1 Å². The van der Waals surface area contributed by atoms with Crippen LogP contribution in [0.4, 0.5) is 0 Å². The van der Waals surface area contributed by atoms with Gasteiger partial charge in [0.1, 0.15) is 12.4 Å². The maximum absolute atomic E-state index is 12.8. The number of benzene rings is 2. The van der Waals surface area contributed by atoms with E-state index >= 15 is 0 Å². The Kier molecular flexibility index (Phi) is 5.91. The average molecular weight is 407 g/mol. The van der Waals surface area contributed by atoms with Crippen LogP contribution in [0.3, 0.4) is 0 Å². The molecule has 0 aliphatic carbocycles. The minimum Gasteiger partial charge on any atom is -0.508 e. The van der Waals surface area contributed by atoms with Crippen molar-refractivity contribution in [3.63, 3.8) is 0 Å². The highest BCUT2D eigenvalue weighted by Gasteiger charge is 2.24. The number of phenolic OH excluding ortho intramolecular Hbond substituents is 1. The molecule has 6 heteroatoms. The molecule has 0 bridgehead atoms. The Hall–Kier alpha value is -3.12. The Morgan fingerprint density at radius 3 is 2.79 bits per heavy atom. The van der Waals surface area contributed by atoms with Crippen LogP contribution < -0.4 is 5.32 Å². The standard InChI is InChI=1S/C23H22N2O3S/c26-19-9-4-6-16(12-19)13-20(17-7-2-1-3-8-17)25-22(27)14-18-15-28-23(24-18)21-10-5-11-29-21/h1-12,18,20,26H,13-15H2,(H,25,27). The zero-order valence-electron chi connectivity index (χ0n) is 15.8. The van der Waals surface area contributed by atoms with E-state index in [0.29, 0.717) is 18.9 Å². The molecule has 0 spiro atoms. The second-order valence-corrected chi connectivity index (χ2v) is 7.93. The van der Waals surface area contributed by atoms with Gasteiger partial charge >= 0.3 is 0 Å². The van der Waals surface area contributed by atoms with E-state index < -0.39 is 0 Å². The highest BCUT2D eigenvalue weighted by atomic mass is 32.1. The molecule has 2 atom stereocenters. The van der Waals surface area contributed by atoms with E-state index in [1.54, 1.807) is 23.5 Å². The molecule has 148 valence electrons. The molecule has 1 aliphatic heterocycles. The van der Waals surface area contributed by atoms with Gasteiger partial charge in [-0.2, -0.15) is 0 Å². The molecule has 1 amide bonds. The van der Waals surface area contributed by atoms with Crippen molar-refractivity contribution >= 4 is 23.1 Å². The van der Waals surface area contributed by atoms with Gasteiger partial charge in [-0.1, -0.05) is 48.5 Å². The molecule has 1 aromatic heterocycles. The van der Waals surface area contributed by atoms with Crippen LogP contribution in [0.25, 0.3) is 0 Å². The van der Waals surface area contributed by atoms with Crippen LogP contribution in [0.5, 0.6) is 5.75 Å². The van der Waals surface area contributed by atoms with Crippen molar-refractivity contribution in [3.8, 4) is 5.75 Å². The smallest absolute Gasteiger partial charge is 0.226 e. The van der Waals surface area contributed by atoms with Crippen LogP contribution in [-0.4, -0.2) is 29.6 Å². The first-order valence-corrected chi connectivity index (χ1v) is 10.4. The van der Waals surface area contributed by atoms with Crippen molar-refractivity contribution in [1.29, 1.82) is 0 Å². The summed E-state index contributed by atoms with van der Waals surface area (Å²) in [5.41, 5.74) is 1.98. The molecule has 5 nitrogen and oxygen atoms in total. The Morgan fingerprint density at radius 1 is 1.17 bits per heavy atom. The summed E-state index contributed by atoms with van der Waals surface area (Å²) in [6.45, 7) is 0.420. The average Bonchev–Trinajstić information content (AvgIpc) is 3.40. The van der Waals surface area contributed by atoms with Gasteiger partial charge in [0.2, 0.25) is 11.8 Å². The van der Waals surface area contributed by atoms with Crippen LogP contribution >= 0.6 is 11.3 Å². The number of rotatable bonds is 7. The molecular weight excluding hydrogens is 384 g/mol. The summed E-state index contributed by atoms with van der Waals surface area (Å²) in [7, 11) is 0. The van der Waals surface area contributed by atoms with Crippen LogP contribution in [-0.2, 0) is 16.0 Å². The lowest BCUT2D eigenvalue weighted by atomic mass is 9.98. The molecule has 0 saturated heterocycles. The molecule has 3 aromatic rings. The van der Waals surface area contributed by atoms with E-state index in [4.69, 9.17) is 4.74 Å². The fraction of sp³-hybridized carbons (Fsp3) is 0.217. The monoisotopic (exact) mass is 406 g/mol. The van der Waals surface area contributed by atoms with Crippen LogP contribution in [0.2, 0.25) is 0 Å². The quantitative estimate of drug-likeness (QED) is 0.621. The van der Waals surface area contributed by atoms with Crippen molar-refractivity contribution in [1.82, 2.24) is 5.32 Å². The number of carbonyl (C=O) groups is 1. The van der Waals surface area contributed by atoms with Gasteiger partial charge in [0.05, 0.1) is 23.4 Å². The summed E-state index contributed by atoms with van der Waals surface area (Å²) in [5, 5.41) is 14.9. The zero-order valence-corrected chi connectivity index (χ0v) is 16.6. The first-order valence-electron chi connectivity index (χ1n) is 9.54. The number of phenols is 1. The number of hydrogen-bond donors (Lipinski definition) is 2. The maximum Gasteiger partial charge on any atom is 0.226 e. The fourth-order valence-corrected chi connectivity index (χ4v) is 4.05. The molecule has 1 aliphatic rings. The largest absolute Gasteiger partial charge is 0.508 e. The van der Waals surface area contributed by atoms with Crippen LogP contribution in [0, 0.1) is 0 Å². The zero-order chi connectivity index (χ0) is 20.1. The second kappa shape index (κ2) is 8.92. The lowest BCUT2D eigenvalue weighted by Crippen LogP contribution is -2.32. The van der Waals surface area contributed by atoms with Gasteiger partial charge in [-0.15, -0.1) is 11.3 Å². The second-order valence-electron chi connectivity index (χ2n) is 6.99. The first kappa shape index (κ1) is 19.2. The molecule has 4 rings (SSSR count). The summed E-state index contributed by atoms with van der Waals surface area (Å²) in [6.07, 6.45) is 0.868. The summed E-state index contributed by atoms with van der Waals surface area (Å²) < 4.78 is 5.66. The topological polar surface area (TPSA) is 70.9 Å². The summed E-state index contributed by atoms with van der Waals surface area (Å²) in [5.74, 6) is 0.778. The third-order valence-corrected chi connectivity index (χ3v) is 5.61. The summed E-state index contributed by atoms with van der Waals surface area (Å²) in [6, 6.07) is 20.6. The number of ether oxygens (including phenoxy) is 1. The molecule has 2 N–H and O–H groups in total. The summed E-state index contributed by atoms with van der Waals surface area (Å²) >= 11 is 1.57. The summed E-state index contributed by atoms with van der Waals surface area (Å²) in [4.78, 5) is 18.3.